The molecule has 0 aromatic carbocycles. The first-order chi connectivity index (χ1) is 7.12. The van der Waals surface area contributed by atoms with E-state index in [-0.39, 0.29) is 6.10 Å². The van der Waals surface area contributed by atoms with E-state index < -0.39 is 0 Å². The van der Waals surface area contributed by atoms with E-state index in [0.717, 1.165) is 0 Å². The number of hydrogen-bond donors (Lipinski definition) is 0. The number of ether oxygens (including phenoxy) is 2. The van der Waals surface area contributed by atoms with Crippen LogP contribution in [0.4, 0.5) is 0 Å². The molecule has 0 aliphatic rings. The first-order valence-electron chi connectivity index (χ1n) is 4.86. The molecule has 2 nitrogen and oxygen atoms in total. The molecule has 0 amide bonds. The third kappa shape index (κ3) is 15.7. The first kappa shape index (κ1) is 16.4. The Kier molecular flexibility index (Phi) is 14.2. The molecule has 1 atom stereocenters. The fourth-order valence-corrected chi connectivity index (χ4v) is 0.824. The summed E-state index contributed by atoms with van der Waals surface area (Å²) in [6, 6.07) is 0. The summed E-state index contributed by atoms with van der Waals surface area (Å²) in [6.07, 6.45) is 10.8. The molecule has 0 rings (SSSR count). The van der Waals surface area contributed by atoms with Crippen LogP contribution >= 0.6 is 0 Å². The van der Waals surface area contributed by atoms with Crippen LogP contribution in [0.15, 0.2) is 23.8 Å². The molecule has 1 unspecified atom stereocenters. The van der Waals surface area contributed by atoms with E-state index in [1.54, 1.807) is 21.1 Å². The van der Waals surface area contributed by atoms with Gasteiger partial charge in [0.15, 0.2) is 0 Å². The number of allylic oxidation sites excluding steroid dienone is 2. The van der Waals surface area contributed by atoms with Gasteiger partial charge in [-0.2, -0.15) is 0 Å². The molecule has 0 spiro atoms. The van der Waals surface area contributed by atoms with Crippen molar-refractivity contribution in [1.29, 1.82) is 0 Å². The highest BCUT2D eigenvalue weighted by atomic mass is 16.5. The molecule has 0 radical (unpaired) electrons. The van der Waals surface area contributed by atoms with Gasteiger partial charge < -0.3 is 9.47 Å². The molecule has 0 heterocycles. The normalized spacial score (nSPS) is 12.9. The van der Waals surface area contributed by atoms with Crippen molar-refractivity contribution in [3.8, 4) is 12.3 Å². The van der Waals surface area contributed by atoms with E-state index in [9.17, 15) is 0 Å². The Morgan fingerprint density at radius 2 is 2.00 bits per heavy atom. The quantitative estimate of drug-likeness (QED) is 0.513. The zero-order valence-corrected chi connectivity index (χ0v) is 10.4. The molecule has 0 saturated heterocycles. The monoisotopic (exact) mass is 210 g/mol. The van der Waals surface area contributed by atoms with Crippen molar-refractivity contribution in [1.82, 2.24) is 0 Å². The predicted octanol–water partition coefficient (Wildman–Crippen LogP) is 2.81. The van der Waals surface area contributed by atoms with Crippen LogP contribution in [-0.4, -0.2) is 26.9 Å². The van der Waals surface area contributed by atoms with E-state index >= 15 is 0 Å². The average Bonchev–Trinajstić information content (AvgIpc) is 2.19. The highest BCUT2D eigenvalue weighted by Crippen LogP contribution is 1.99. The van der Waals surface area contributed by atoms with Crippen LogP contribution in [0.1, 0.15) is 20.8 Å². The minimum atomic E-state index is 0.178. The van der Waals surface area contributed by atoms with Crippen molar-refractivity contribution in [2.75, 3.05) is 20.8 Å². The Bertz CT molecular complexity index is 221. The minimum Gasteiger partial charge on any atom is -0.381 e. The first-order valence-corrected chi connectivity index (χ1v) is 4.86. The maximum absolute atomic E-state index is 5.09. The molecule has 0 aliphatic heterocycles. The molecule has 0 fully saturated rings. The van der Waals surface area contributed by atoms with Crippen LogP contribution < -0.4 is 0 Å². The second-order valence-electron chi connectivity index (χ2n) is 3.00. The van der Waals surface area contributed by atoms with Gasteiger partial charge >= 0.3 is 0 Å². The minimum absolute atomic E-state index is 0.178. The van der Waals surface area contributed by atoms with Crippen LogP contribution in [0, 0.1) is 12.3 Å². The molecular weight excluding hydrogens is 188 g/mol. The zero-order valence-electron chi connectivity index (χ0n) is 10.4. The van der Waals surface area contributed by atoms with Crippen LogP contribution in [0.2, 0.25) is 0 Å². The van der Waals surface area contributed by atoms with Gasteiger partial charge in [0.1, 0.15) is 0 Å². The lowest BCUT2D eigenvalue weighted by atomic mass is 10.2. The van der Waals surface area contributed by atoms with Gasteiger partial charge in [-0.15, -0.1) is 12.3 Å². The molecule has 2 heteroatoms. The van der Waals surface area contributed by atoms with Gasteiger partial charge in [-0.3, -0.25) is 0 Å². The lowest BCUT2D eigenvalue weighted by Crippen LogP contribution is -1.99. The molecule has 0 bridgehead atoms. The second kappa shape index (κ2) is 13.0. The Hall–Kier alpha value is -1.04. The van der Waals surface area contributed by atoms with E-state index in [4.69, 9.17) is 9.47 Å². The van der Waals surface area contributed by atoms with E-state index in [0.29, 0.717) is 6.61 Å². The third-order valence-corrected chi connectivity index (χ3v) is 1.51. The lowest BCUT2D eigenvalue weighted by molar-refractivity contribution is 0.156. The predicted molar refractivity (Wildman–Crippen MR) is 65.8 cm³/mol. The maximum atomic E-state index is 5.09. The largest absolute Gasteiger partial charge is 0.381 e. The molecule has 86 valence electrons. The van der Waals surface area contributed by atoms with Crippen LogP contribution in [0.3, 0.4) is 0 Å². The SMILES string of the molecule is C#CC.COC/C=C\C(C)=C/C(C)OC. The van der Waals surface area contributed by atoms with Crippen LogP contribution in [0.25, 0.3) is 0 Å². The van der Waals surface area contributed by atoms with Gasteiger partial charge in [0.05, 0.1) is 12.7 Å². The van der Waals surface area contributed by atoms with Gasteiger partial charge in [0, 0.05) is 14.2 Å². The fraction of sp³-hybridized carbons (Fsp3) is 0.538. The van der Waals surface area contributed by atoms with Crippen LogP contribution in [-0.2, 0) is 9.47 Å². The molecule has 0 N–H and O–H groups in total. The summed E-state index contributed by atoms with van der Waals surface area (Å²) in [4.78, 5) is 0. The summed E-state index contributed by atoms with van der Waals surface area (Å²) >= 11 is 0. The Balaban J connectivity index is 0. The molecule has 0 saturated carbocycles. The maximum Gasteiger partial charge on any atom is 0.0729 e. The average molecular weight is 210 g/mol. The van der Waals surface area contributed by atoms with Gasteiger partial charge in [-0.05, 0) is 20.8 Å². The third-order valence-electron chi connectivity index (χ3n) is 1.51. The summed E-state index contributed by atoms with van der Waals surface area (Å²) in [5, 5.41) is 0. The van der Waals surface area contributed by atoms with Gasteiger partial charge in [0.2, 0.25) is 0 Å². The number of hydrogen-bond acceptors (Lipinski definition) is 2. The van der Waals surface area contributed by atoms with Crippen molar-refractivity contribution < 1.29 is 9.47 Å². The molecule has 0 aromatic heterocycles. The fourth-order valence-electron chi connectivity index (χ4n) is 0.824. The number of rotatable bonds is 5. The van der Waals surface area contributed by atoms with Gasteiger partial charge in [0.25, 0.3) is 0 Å². The van der Waals surface area contributed by atoms with Gasteiger partial charge in [-0.25, -0.2) is 0 Å². The molecule has 0 aromatic rings. The molecule has 0 aliphatic carbocycles. The molecule has 15 heavy (non-hydrogen) atoms. The van der Waals surface area contributed by atoms with Crippen molar-refractivity contribution in [3.63, 3.8) is 0 Å². The van der Waals surface area contributed by atoms with E-state index in [1.165, 1.54) is 5.57 Å². The van der Waals surface area contributed by atoms with Gasteiger partial charge in [-0.1, -0.05) is 23.8 Å². The Morgan fingerprint density at radius 3 is 2.40 bits per heavy atom. The summed E-state index contributed by atoms with van der Waals surface area (Å²) in [5.74, 6) is 2.25. The topological polar surface area (TPSA) is 18.5 Å². The van der Waals surface area contributed by atoms with Crippen molar-refractivity contribution in [2.24, 2.45) is 0 Å². The van der Waals surface area contributed by atoms with Crippen molar-refractivity contribution in [2.45, 2.75) is 26.9 Å². The summed E-state index contributed by atoms with van der Waals surface area (Å²) in [7, 11) is 3.38. The summed E-state index contributed by atoms with van der Waals surface area (Å²) < 4.78 is 9.96. The summed E-state index contributed by atoms with van der Waals surface area (Å²) in [6.45, 7) is 6.36. The summed E-state index contributed by atoms with van der Waals surface area (Å²) in [5.41, 5.74) is 1.20. The highest BCUT2D eigenvalue weighted by Gasteiger charge is 1.91. The number of terminal acetylenes is 1. The second-order valence-corrected chi connectivity index (χ2v) is 3.00. The van der Waals surface area contributed by atoms with E-state index in [2.05, 4.69) is 18.4 Å². The lowest BCUT2D eigenvalue weighted by Gasteiger charge is -2.02. The smallest absolute Gasteiger partial charge is 0.0729 e. The highest BCUT2D eigenvalue weighted by molar-refractivity contribution is 5.17. The van der Waals surface area contributed by atoms with Crippen LogP contribution in [0.5, 0.6) is 0 Å². The van der Waals surface area contributed by atoms with E-state index in [1.807, 2.05) is 26.0 Å². The van der Waals surface area contributed by atoms with Crippen molar-refractivity contribution >= 4 is 0 Å². The number of methoxy groups -OCH3 is 2. The Morgan fingerprint density at radius 1 is 1.47 bits per heavy atom. The van der Waals surface area contributed by atoms with Crippen molar-refractivity contribution in [3.05, 3.63) is 23.8 Å². The Labute approximate surface area is 94.0 Å². The zero-order chi connectivity index (χ0) is 12.1. The molecular formula is C13H22O2. The standard InChI is InChI=1S/C10H18O2.C3H4/c1-9(6-5-7-11-3)8-10(2)12-4;1-3-2/h5-6,8,10H,7H2,1-4H3;1H,2H3/b6-5-,9-8-;.